The second-order valence-corrected chi connectivity index (χ2v) is 5.59. The van der Waals surface area contributed by atoms with E-state index in [4.69, 9.17) is 15.3 Å². The van der Waals surface area contributed by atoms with Crippen LogP contribution < -0.4 is 5.73 Å². The molecule has 0 aliphatic carbocycles. The van der Waals surface area contributed by atoms with E-state index in [0.717, 1.165) is 5.76 Å². The number of carboxylic acid groups (broad SMARTS) is 1. The lowest BCUT2D eigenvalue weighted by Crippen LogP contribution is -2.32. The predicted molar refractivity (Wildman–Crippen MR) is 80.7 cm³/mol. The van der Waals surface area contributed by atoms with Crippen molar-refractivity contribution < 1.29 is 19.2 Å². The molecular weight excluding hydrogens is 308 g/mol. The summed E-state index contributed by atoms with van der Waals surface area (Å²) in [5.41, 5.74) is 5.90. The number of nitro groups is 1. The van der Waals surface area contributed by atoms with Gasteiger partial charge in [0.1, 0.15) is 11.8 Å². The minimum atomic E-state index is -1.14. The Labute approximate surface area is 130 Å². The zero-order valence-corrected chi connectivity index (χ0v) is 12.3. The topological polar surface area (TPSA) is 120 Å². The largest absolute Gasteiger partial charge is 0.480 e. The second-order valence-electron chi connectivity index (χ2n) is 4.58. The van der Waals surface area contributed by atoms with Crippen LogP contribution in [0.25, 0.3) is 0 Å². The van der Waals surface area contributed by atoms with Gasteiger partial charge in [-0.3, -0.25) is 14.9 Å². The first-order valence-corrected chi connectivity index (χ1v) is 7.37. The van der Waals surface area contributed by atoms with Gasteiger partial charge in [0.2, 0.25) is 0 Å². The van der Waals surface area contributed by atoms with Gasteiger partial charge in [-0.25, -0.2) is 0 Å². The number of carbonyl (C=O) groups is 1. The Morgan fingerprint density at radius 1 is 1.45 bits per heavy atom. The summed E-state index contributed by atoms with van der Waals surface area (Å²) in [6.45, 7) is 0. The molecule has 0 amide bonds. The third-order valence-corrected chi connectivity index (χ3v) is 4.03. The van der Waals surface area contributed by atoms with E-state index < -0.39 is 16.9 Å². The molecule has 0 radical (unpaired) electrons. The van der Waals surface area contributed by atoms with Crippen molar-refractivity contribution in [3.05, 3.63) is 58.0 Å². The SMILES string of the molecule is NC(Cc1ccc(SCc2ccco2)c([N+](=O)[O-])c1)C(=O)O. The number of carboxylic acids is 1. The third-order valence-electron chi connectivity index (χ3n) is 2.94. The molecule has 0 saturated carbocycles. The van der Waals surface area contributed by atoms with Gasteiger partial charge in [0.05, 0.1) is 21.8 Å². The molecule has 0 bridgehead atoms. The molecule has 2 rings (SSSR count). The second kappa shape index (κ2) is 7.10. The lowest BCUT2D eigenvalue weighted by molar-refractivity contribution is -0.387. The van der Waals surface area contributed by atoms with Crippen LogP contribution in [0, 0.1) is 10.1 Å². The number of rotatable bonds is 7. The molecule has 2 aromatic rings. The zero-order valence-electron chi connectivity index (χ0n) is 11.5. The maximum atomic E-state index is 11.2. The number of benzene rings is 1. The third kappa shape index (κ3) is 4.09. The molecule has 116 valence electrons. The van der Waals surface area contributed by atoms with E-state index in [0.29, 0.717) is 16.2 Å². The predicted octanol–water partition coefficient (Wildman–Crippen LogP) is 2.43. The average Bonchev–Trinajstić information content (AvgIpc) is 2.98. The Balaban J connectivity index is 2.16. The summed E-state index contributed by atoms with van der Waals surface area (Å²) in [4.78, 5) is 21.9. The van der Waals surface area contributed by atoms with Gasteiger partial charge in [0.15, 0.2) is 0 Å². The maximum absolute atomic E-state index is 11.2. The summed E-state index contributed by atoms with van der Waals surface area (Å²) < 4.78 is 5.19. The number of furan rings is 1. The molecule has 1 aromatic carbocycles. The number of nitrogens with zero attached hydrogens (tertiary/aromatic N) is 1. The standard InChI is InChI=1S/C14H14N2O5S/c15-11(14(17)18)6-9-3-4-13(12(7-9)16(19)20)22-8-10-2-1-5-21-10/h1-5,7,11H,6,8,15H2,(H,17,18). The highest BCUT2D eigenvalue weighted by Crippen LogP contribution is 2.32. The molecule has 1 atom stereocenters. The van der Waals surface area contributed by atoms with Gasteiger partial charge in [-0.2, -0.15) is 0 Å². The molecule has 7 nitrogen and oxygen atoms in total. The molecule has 0 aliphatic rings. The lowest BCUT2D eigenvalue weighted by Gasteiger charge is -2.08. The highest BCUT2D eigenvalue weighted by molar-refractivity contribution is 7.98. The van der Waals surface area contributed by atoms with Crippen LogP contribution in [-0.4, -0.2) is 22.0 Å². The summed E-state index contributed by atoms with van der Waals surface area (Å²) in [6.07, 6.45) is 1.58. The Hall–Kier alpha value is -2.32. The van der Waals surface area contributed by atoms with Crippen molar-refractivity contribution in [2.45, 2.75) is 23.1 Å². The summed E-state index contributed by atoms with van der Waals surface area (Å²) in [6, 6.07) is 7.09. The van der Waals surface area contributed by atoms with Crippen molar-refractivity contribution in [2.24, 2.45) is 5.73 Å². The number of thioether (sulfide) groups is 1. The molecule has 1 heterocycles. The molecule has 0 spiro atoms. The molecule has 3 N–H and O–H groups in total. The Bertz CT molecular complexity index is 672. The fourth-order valence-corrected chi connectivity index (χ4v) is 2.75. The van der Waals surface area contributed by atoms with Crippen LogP contribution in [0.4, 0.5) is 5.69 Å². The van der Waals surface area contributed by atoms with E-state index in [-0.39, 0.29) is 12.1 Å². The molecule has 1 unspecified atom stereocenters. The van der Waals surface area contributed by atoms with Crippen molar-refractivity contribution >= 4 is 23.4 Å². The highest BCUT2D eigenvalue weighted by atomic mass is 32.2. The van der Waals surface area contributed by atoms with Crippen LogP contribution in [0.2, 0.25) is 0 Å². The summed E-state index contributed by atoms with van der Waals surface area (Å²) in [5.74, 6) is 0.0529. The molecule has 0 saturated heterocycles. The number of aliphatic carboxylic acids is 1. The normalized spacial score (nSPS) is 12.0. The van der Waals surface area contributed by atoms with E-state index in [1.54, 1.807) is 30.5 Å². The maximum Gasteiger partial charge on any atom is 0.320 e. The van der Waals surface area contributed by atoms with Crippen molar-refractivity contribution in [1.29, 1.82) is 0 Å². The number of nitro benzene ring substituents is 1. The fraction of sp³-hybridized carbons (Fsp3) is 0.214. The molecule has 8 heteroatoms. The monoisotopic (exact) mass is 322 g/mol. The van der Waals surface area contributed by atoms with Crippen LogP contribution in [-0.2, 0) is 17.0 Å². The minimum absolute atomic E-state index is 0.0410. The number of hydrogen-bond donors (Lipinski definition) is 2. The van der Waals surface area contributed by atoms with Gasteiger partial charge in [-0.1, -0.05) is 6.07 Å². The van der Waals surface area contributed by atoms with E-state index in [9.17, 15) is 14.9 Å². The van der Waals surface area contributed by atoms with Crippen LogP contribution in [0.3, 0.4) is 0 Å². The van der Waals surface area contributed by atoms with E-state index in [1.807, 2.05) is 0 Å². The fourth-order valence-electron chi connectivity index (χ4n) is 1.84. The Morgan fingerprint density at radius 2 is 2.23 bits per heavy atom. The van der Waals surface area contributed by atoms with Crippen molar-refractivity contribution in [2.75, 3.05) is 0 Å². The van der Waals surface area contributed by atoms with Crippen molar-refractivity contribution in [3.8, 4) is 0 Å². The highest BCUT2D eigenvalue weighted by Gasteiger charge is 2.18. The van der Waals surface area contributed by atoms with E-state index in [2.05, 4.69) is 0 Å². The zero-order chi connectivity index (χ0) is 16.1. The first-order chi connectivity index (χ1) is 10.5. The average molecular weight is 322 g/mol. The van der Waals surface area contributed by atoms with Crippen LogP contribution in [0.1, 0.15) is 11.3 Å². The summed E-state index contributed by atoms with van der Waals surface area (Å²) in [7, 11) is 0. The quantitative estimate of drug-likeness (QED) is 0.456. The lowest BCUT2D eigenvalue weighted by atomic mass is 10.1. The molecule has 1 aromatic heterocycles. The Kier molecular flexibility index (Phi) is 5.18. The van der Waals surface area contributed by atoms with Gasteiger partial charge in [-0.15, -0.1) is 11.8 Å². The number of nitrogens with two attached hydrogens (primary N) is 1. The van der Waals surface area contributed by atoms with Crippen molar-refractivity contribution in [3.63, 3.8) is 0 Å². The minimum Gasteiger partial charge on any atom is -0.480 e. The first-order valence-electron chi connectivity index (χ1n) is 6.38. The van der Waals surface area contributed by atoms with Gasteiger partial charge in [0, 0.05) is 6.07 Å². The first kappa shape index (κ1) is 16.1. The van der Waals surface area contributed by atoms with Gasteiger partial charge in [-0.05, 0) is 30.2 Å². The molecule has 0 aliphatic heterocycles. The van der Waals surface area contributed by atoms with Gasteiger partial charge < -0.3 is 15.3 Å². The van der Waals surface area contributed by atoms with Crippen LogP contribution in [0.15, 0.2) is 45.9 Å². The molecular formula is C14H14N2O5S. The Morgan fingerprint density at radius 3 is 2.82 bits per heavy atom. The van der Waals surface area contributed by atoms with E-state index >= 15 is 0 Å². The van der Waals surface area contributed by atoms with Gasteiger partial charge in [0.25, 0.3) is 5.69 Å². The number of hydrogen-bond acceptors (Lipinski definition) is 6. The van der Waals surface area contributed by atoms with Gasteiger partial charge >= 0.3 is 5.97 Å². The summed E-state index contributed by atoms with van der Waals surface area (Å²) in [5, 5.41) is 20.0. The van der Waals surface area contributed by atoms with Crippen LogP contribution in [0.5, 0.6) is 0 Å². The summed E-state index contributed by atoms with van der Waals surface area (Å²) >= 11 is 1.28. The molecule has 22 heavy (non-hydrogen) atoms. The van der Waals surface area contributed by atoms with Crippen molar-refractivity contribution in [1.82, 2.24) is 0 Å². The molecule has 0 fully saturated rings. The van der Waals surface area contributed by atoms with Crippen LogP contribution >= 0.6 is 11.8 Å². The van der Waals surface area contributed by atoms with E-state index in [1.165, 1.54) is 17.8 Å². The smallest absolute Gasteiger partial charge is 0.320 e.